The number of nitrogens with zero attached hydrogens (tertiary/aromatic N) is 2. The largest absolute Gasteiger partial charge is 0.393 e. The highest BCUT2D eigenvalue weighted by Gasteiger charge is 2.48. The number of fused-ring (bicyclic) bond motifs is 3. The number of hydrogen-bond acceptors (Lipinski definition) is 3. The Labute approximate surface area is 208 Å². The molecule has 5 rings (SSSR count). The van der Waals surface area contributed by atoms with Crippen molar-refractivity contribution < 1.29 is 14.7 Å². The molecule has 3 amide bonds. The molecule has 2 aromatic carbocycles. The predicted molar refractivity (Wildman–Crippen MR) is 137 cm³/mol. The molecule has 1 aliphatic carbocycles. The molecule has 0 bridgehead atoms. The molecule has 6 heteroatoms. The minimum atomic E-state index is -0.824. The maximum absolute atomic E-state index is 13.7. The molecule has 0 radical (unpaired) electrons. The number of benzene rings is 2. The fraction of sp³-hybridized carbons (Fsp3) is 0.517. The van der Waals surface area contributed by atoms with Gasteiger partial charge >= 0.3 is 6.03 Å². The fourth-order valence-electron chi connectivity index (χ4n) is 6.36. The van der Waals surface area contributed by atoms with E-state index in [0.717, 1.165) is 43.2 Å². The quantitative estimate of drug-likeness (QED) is 0.683. The minimum absolute atomic E-state index is 0.0469. The van der Waals surface area contributed by atoms with E-state index in [2.05, 4.69) is 35.6 Å². The molecule has 6 nitrogen and oxygen atoms in total. The van der Waals surface area contributed by atoms with Crippen LogP contribution in [0.4, 0.5) is 4.79 Å². The van der Waals surface area contributed by atoms with Crippen molar-refractivity contribution in [3.8, 4) is 11.1 Å². The summed E-state index contributed by atoms with van der Waals surface area (Å²) in [6, 6.07) is 16.5. The molecule has 2 heterocycles. The van der Waals surface area contributed by atoms with Gasteiger partial charge in [-0.15, -0.1) is 0 Å². The first kappa shape index (κ1) is 23.9. The van der Waals surface area contributed by atoms with Gasteiger partial charge in [-0.2, -0.15) is 0 Å². The zero-order chi connectivity index (χ0) is 24.5. The lowest BCUT2D eigenvalue weighted by Crippen LogP contribution is -2.61. The van der Waals surface area contributed by atoms with E-state index in [4.69, 9.17) is 0 Å². The summed E-state index contributed by atoms with van der Waals surface area (Å²) < 4.78 is 0. The molecule has 2 aliphatic heterocycles. The minimum Gasteiger partial charge on any atom is -0.393 e. The van der Waals surface area contributed by atoms with Crippen molar-refractivity contribution in [2.75, 3.05) is 13.6 Å². The number of carbonyl (C=O) groups is 2. The summed E-state index contributed by atoms with van der Waals surface area (Å²) in [5.74, 6) is -0.665. The Bertz CT molecular complexity index is 1060. The molecule has 0 aromatic heterocycles. The van der Waals surface area contributed by atoms with Gasteiger partial charge in [-0.25, -0.2) is 4.79 Å². The lowest BCUT2D eigenvalue weighted by atomic mass is 9.77. The van der Waals surface area contributed by atoms with Gasteiger partial charge in [0.15, 0.2) is 0 Å². The van der Waals surface area contributed by atoms with E-state index >= 15 is 0 Å². The van der Waals surface area contributed by atoms with Gasteiger partial charge in [-0.05, 0) is 60.9 Å². The molecule has 35 heavy (non-hydrogen) atoms. The summed E-state index contributed by atoms with van der Waals surface area (Å²) >= 11 is 0. The van der Waals surface area contributed by atoms with Crippen LogP contribution in [0.25, 0.3) is 11.1 Å². The average Bonchev–Trinajstić information content (AvgIpc) is 2.88. The molecule has 2 aromatic rings. The smallest absolute Gasteiger partial charge is 0.317 e. The Morgan fingerprint density at radius 2 is 1.83 bits per heavy atom. The first-order chi connectivity index (χ1) is 16.9. The summed E-state index contributed by atoms with van der Waals surface area (Å²) in [7, 11) is 1.78. The summed E-state index contributed by atoms with van der Waals surface area (Å²) in [6.45, 7) is 2.32. The SMILES string of the molecule is C[C@H](O)[C@@H]1C(=O)N2CCc3ccc(-c4ccccc4)cc3[C@@H]2C[C@@H]1N(C)C(=O)NC1CCCCC1. The first-order valence-corrected chi connectivity index (χ1v) is 13.1. The standard InChI is InChI=1S/C29H37N3O3/c1-19(33)27-26(31(2)29(35)30-23-11-7-4-8-12-23)18-25-24-17-22(20-9-5-3-6-10-20)14-13-21(24)15-16-32(25)28(27)34/h3,5-6,9-10,13-14,17,19,23,25-27,33H,4,7-8,11-12,15-16,18H2,1-2H3,(H,30,35)/t19-,25-,26-,27-/m0/s1. The molecule has 4 atom stereocenters. The van der Waals surface area contributed by atoms with Gasteiger partial charge in [0.2, 0.25) is 5.91 Å². The van der Waals surface area contributed by atoms with E-state index in [9.17, 15) is 14.7 Å². The molecule has 3 aliphatic rings. The third-order valence-electron chi connectivity index (χ3n) is 8.33. The normalized spacial score (nSPS) is 25.4. The predicted octanol–water partition coefficient (Wildman–Crippen LogP) is 4.52. The highest BCUT2D eigenvalue weighted by atomic mass is 16.3. The van der Waals surface area contributed by atoms with Crippen molar-refractivity contribution in [3.63, 3.8) is 0 Å². The topological polar surface area (TPSA) is 72.9 Å². The molecule has 0 unspecified atom stereocenters. The zero-order valence-electron chi connectivity index (χ0n) is 20.8. The van der Waals surface area contributed by atoms with E-state index in [1.165, 1.54) is 17.5 Å². The second kappa shape index (κ2) is 10.0. The number of aliphatic hydroxyl groups excluding tert-OH is 1. The number of hydrogen-bond donors (Lipinski definition) is 2. The van der Waals surface area contributed by atoms with E-state index in [1.54, 1.807) is 18.9 Å². The third kappa shape index (κ3) is 4.68. The highest BCUT2D eigenvalue weighted by molar-refractivity contribution is 5.84. The van der Waals surface area contributed by atoms with Crippen LogP contribution in [0, 0.1) is 5.92 Å². The summed E-state index contributed by atoms with van der Waals surface area (Å²) in [5, 5.41) is 13.8. The van der Waals surface area contributed by atoms with Crippen molar-refractivity contribution in [2.45, 2.75) is 76.1 Å². The Morgan fingerprint density at radius 1 is 1.09 bits per heavy atom. The maximum Gasteiger partial charge on any atom is 0.317 e. The average molecular weight is 476 g/mol. The van der Waals surface area contributed by atoms with Gasteiger partial charge in [-0.1, -0.05) is 61.7 Å². The van der Waals surface area contributed by atoms with Crippen LogP contribution in [0.1, 0.15) is 62.6 Å². The van der Waals surface area contributed by atoms with Gasteiger partial charge in [0.1, 0.15) is 0 Å². The van der Waals surface area contributed by atoms with Gasteiger partial charge in [-0.3, -0.25) is 4.79 Å². The van der Waals surface area contributed by atoms with E-state index in [-0.39, 0.29) is 30.1 Å². The first-order valence-electron chi connectivity index (χ1n) is 13.1. The van der Waals surface area contributed by atoms with Crippen LogP contribution < -0.4 is 5.32 Å². The number of urea groups is 1. The van der Waals surface area contributed by atoms with Crippen LogP contribution in [0.15, 0.2) is 48.5 Å². The Balaban J connectivity index is 1.44. The van der Waals surface area contributed by atoms with Gasteiger partial charge < -0.3 is 20.2 Å². The Morgan fingerprint density at radius 3 is 2.54 bits per heavy atom. The van der Waals surface area contributed by atoms with Crippen LogP contribution in [-0.4, -0.2) is 58.6 Å². The molecular formula is C29H37N3O3. The molecule has 1 saturated carbocycles. The molecule has 0 spiro atoms. The van der Waals surface area contributed by atoms with Crippen molar-refractivity contribution in [1.82, 2.24) is 15.1 Å². The van der Waals surface area contributed by atoms with Crippen LogP contribution in [0.3, 0.4) is 0 Å². The monoisotopic (exact) mass is 475 g/mol. The molecule has 186 valence electrons. The number of piperidine rings is 1. The zero-order valence-corrected chi connectivity index (χ0v) is 20.8. The van der Waals surface area contributed by atoms with Gasteiger partial charge in [0.05, 0.1) is 18.1 Å². The summed E-state index contributed by atoms with van der Waals surface area (Å²) in [6.07, 6.45) is 6.14. The third-order valence-corrected chi connectivity index (χ3v) is 8.33. The van der Waals surface area contributed by atoms with Crippen LogP contribution >= 0.6 is 0 Å². The number of carbonyl (C=O) groups excluding carboxylic acids is 2. The highest BCUT2D eigenvalue weighted by Crippen LogP contribution is 2.42. The summed E-state index contributed by atoms with van der Waals surface area (Å²) in [4.78, 5) is 30.6. The van der Waals surface area contributed by atoms with E-state index in [0.29, 0.717) is 13.0 Å². The maximum atomic E-state index is 13.7. The van der Waals surface area contributed by atoms with Crippen molar-refractivity contribution in [3.05, 3.63) is 59.7 Å². The number of aliphatic hydroxyl groups is 1. The fourth-order valence-corrected chi connectivity index (χ4v) is 6.36. The molecule has 2 fully saturated rings. The van der Waals surface area contributed by atoms with E-state index < -0.39 is 12.0 Å². The second-order valence-electron chi connectivity index (χ2n) is 10.5. The summed E-state index contributed by atoms with van der Waals surface area (Å²) in [5.41, 5.74) is 4.72. The number of rotatable bonds is 4. The number of amides is 3. The van der Waals surface area contributed by atoms with Gasteiger partial charge in [0.25, 0.3) is 0 Å². The Hall–Kier alpha value is -2.86. The van der Waals surface area contributed by atoms with Crippen molar-refractivity contribution >= 4 is 11.9 Å². The number of nitrogens with one attached hydrogen (secondary N) is 1. The lowest BCUT2D eigenvalue weighted by molar-refractivity contribution is -0.151. The van der Waals surface area contributed by atoms with Crippen molar-refractivity contribution in [2.24, 2.45) is 5.92 Å². The Kier molecular flexibility index (Phi) is 6.83. The van der Waals surface area contributed by atoms with Gasteiger partial charge in [0, 0.05) is 25.7 Å². The molecule has 2 N–H and O–H groups in total. The molecular weight excluding hydrogens is 438 g/mol. The van der Waals surface area contributed by atoms with Crippen LogP contribution in [-0.2, 0) is 11.2 Å². The van der Waals surface area contributed by atoms with Crippen molar-refractivity contribution in [1.29, 1.82) is 0 Å². The second-order valence-corrected chi connectivity index (χ2v) is 10.5. The van der Waals surface area contributed by atoms with Crippen LogP contribution in [0.2, 0.25) is 0 Å². The van der Waals surface area contributed by atoms with Crippen LogP contribution in [0.5, 0.6) is 0 Å². The molecule has 1 saturated heterocycles. The lowest BCUT2D eigenvalue weighted by Gasteiger charge is -2.49. The van der Waals surface area contributed by atoms with E-state index in [1.807, 2.05) is 23.1 Å².